The second-order valence-electron chi connectivity index (χ2n) is 7.21. The van der Waals surface area contributed by atoms with Crippen molar-refractivity contribution in [2.45, 2.75) is 20.8 Å². The minimum absolute atomic E-state index is 0.454. The molecule has 0 saturated heterocycles. The molecule has 0 aliphatic heterocycles. The Bertz CT molecular complexity index is 1250. The van der Waals surface area contributed by atoms with E-state index in [9.17, 15) is 0 Å². The molecule has 0 radical (unpaired) electrons. The van der Waals surface area contributed by atoms with Crippen molar-refractivity contribution in [3.05, 3.63) is 83.4 Å². The fourth-order valence-electron chi connectivity index (χ4n) is 3.43. The third kappa shape index (κ3) is 3.77. The van der Waals surface area contributed by atoms with Gasteiger partial charge in [0.1, 0.15) is 5.69 Å². The molecule has 1 heterocycles. The summed E-state index contributed by atoms with van der Waals surface area (Å²) in [5.74, 6) is 1.70. The Morgan fingerprint density at radius 3 is 2.33 bits per heavy atom. The van der Waals surface area contributed by atoms with Crippen LogP contribution in [0.15, 0.2) is 66.7 Å². The lowest BCUT2D eigenvalue weighted by atomic mass is 10.0. The summed E-state index contributed by atoms with van der Waals surface area (Å²) < 4.78 is 11.7. The van der Waals surface area contributed by atoms with E-state index in [2.05, 4.69) is 42.2 Å². The highest BCUT2D eigenvalue weighted by atomic mass is 16.5. The van der Waals surface area contributed by atoms with Gasteiger partial charge < -0.3 is 9.47 Å². The van der Waals surface area contributed by atoms with Crippen molar-refractivity contribution >= 4 is 16.8 Å². The third-order valence-electron chi connectivity index (χ3n) is 5.19. The summed E-state index contributed by atoms with van der Waals surface area (Å²) >= 11 is 0. The van der Waals surface area contributed by atoms with Crippen molar-refractivity contribution in [2.24, 2.45) is 0 Å². The number of rotatable bonds is 5. The van der Waals surface area contributed by atoms with E-state index in [0.717, 1.165) is 27.6 Å². The molecule has 30 heavy (non-hydrogen) atoms. The number of hydrogen-bond donors (Lipinski definition) is 0. The van der Waals surface area contributed by atoms with Crippen molar-refractivity contribution in [3.8, 4) is 28.6 Å². The molecule has 150 valence electrons. The second kappa shape index (κ2) is 8.37. The van der Waals surface area contributed by atoms with E-state index < -0.39 is 0 Å². The molecule has 3 aromatic carbocycles. The third-order valence-corrected chi connectivity index (χ3v) is 5.19. The van der Waals surface area contributed by atoms with Crippen molar-refractivity contribution in [2.75, 3.05) is 7.11 Å². The molecule has 0 amide bonds. The Labute approximate surface area is 176 Å². The maximum absolute atomic E-state index is 6.16. The van der Waals surface area contributed by atoms with E-state index in [0.29, 0.717) is 17.4 Å². The summed E-state index contributed by atoms with van der Waals surface area (Å²) in [6.07, 6.45) is 4.00. The predicted molar refractivity (Wildman–Crippen MR) is 122 cm³/mol. The van der Waals surface area contributed by atoms with Crippen LogP contribution >= 0.6 is 0 Å². The topological polar surface area (TPSA) is 44.2 Å². The first-order valence-electron chi connectivity index (χ1n) is 9.92. The lowest BCUT2D eigenvalue weighted by Crippen LogP contribution is -1.98. The number of hydrogen-bond acceptors (Lipinski definition) is 4. The monoisotopic (exact) mass is 396 g/mol. The van der Waals surface area contributed by atoms with Crippen LogP contribution in [0, 0.1) is 13.8 Å². The molecular weight excluding hydrogens is 372 g/mol. The molecule has 4 aromatic rings. The first-order chi connectivity index (χ1) is 14.6. The van der Waals surface area contributed by atoms with Gasteiger partial charge in [0.15, 0.2) is 11.5 Å². The van der Waals surface area contributed by atoms with Crippen LogP contribution in [-0.2, 0) is 0 Å². The lowest BCUT2D eigenvalue weighted by Gasteiger charge is -2.13. The molecule has 0 atom stereocenters. The van der Waals surface area contributed by atoms with Gasteiger partial charge in [0.25, 0.3) is 0 Å². The molecule has 0 aliphatic rings. The number of nitrogens with zero attached hydrogens (tertiary/aromatic N) is 2. The molecule has 0 fully saturated rings. The number of methoxy groups -OCH3 is 1. The average Bonchev–Trinajstić information content (AvgIpc) is 2.77. The molecule has 1 aromatic heterocycles. The quantitative estimate of drug-likeness (QED) is 0.374. The van der Waals surface area contributed by atoms with Crippen LogP contribution < -0.4 is 9.47 Å². The molecule has 4 nitrogen and oxygen atoms in total. The number of aryl methyl sites for hydroxylation is 2. The molecule has 0 N–H and O–H groups in total. The zero-order valence-corrected chi connectivity index (χ0v) is 17.6. The maximum atomic E-state index is 6.16. The van der Waals surface area contributed by atoms with Gasteiger partial charge in [-0.2, -0.15) is 0 Å². The predicted octanol–water partition coefficient (Wildman–Crippen LogP) is 6.75. The van der Waals surface area contributed by atoms with Crippen LogP contribution in [0.5, 0.6) is 17.4 Å². The zero-order chi connectivity index (χ0) is 21.1. The van der Waals surface area contributed by atoms with Crippen LogP contribution in [0.2, 0.25) is 0 Å². The number of ether oxygens (including phenoxy) is 2. The second-order valence-corrected chi connectivity index (χ2v) is 7.21. The van der Waals surface area contributed by atoms with Crippen molar-refractivity contribution < 1.29 is 9.47 Å². The normalized spacial score (nSPS) is 11.2. The molecular formula is C26H24N2O2. The Kier molecular flexibility index (Phi) is 5.48. The van der Waals surface area contributed by atoms with Crippen molar-refractivity contribution in [1.29, 1.82) is 0 Å². The Morgan fingerprint density at radius 2 is 1.60 bits per heavy atom. The van der Waals surface area contributed by atoms with Gasteiger partial charge in [-0.1, -0.05) is 48.6 Å². The Morgan fingerprint density at radius 1 is 0.800 bits per heavy atom. The van der Waals surface area contributed by atoms with Gasteiger partial charge in [0, 0.05) is 16.3 Å². The van der Waals surface area contributed by atoms with Crippen LogP contribution in [0.4, 0.5) is 0 Å². The fourth-order valence-corrected chi connectivity index (χ4v) is 3.43. The highest BCUT2D eigenvalue weighted by Crippen LogP contribution is 2.37. The highest BCUT2D eigenvalue weighted by Gasteiger charge is 2.15. The number of aromatic nitrogens is 2. The smallest absolute Gasteiger partial charge is 0.246 e. The molecule has 0 aliphatic carbocycles. The minimum Gasteiger partial charge on any atom is -0.493 e. The standard InChI is InChI=1S/C26H24N2O2/c1-5-8-19-12-14-23(24(16-19)29-4)30-26-22-10-7-6-9-21(22)25(27-28-26)20-13-11-17(2)18(3)15-20/h5-16H,1-4H3. The summed E-state index contributed by atoms with van der Waals surface area (Å²) in [4.78, 5) is 0. The van der Waals surface area contributed by atoms with E-state index in [-0.39, 0.29) is 0 Å². The van der Waals surface area contributed by atoms with Crippen LogP contribution in [0.1, 0.15) is 23.6 Å². The van der Waals surface area contributed by atoms with Crippen LogP contribution in [0.25, 0.3) is 28.1 Å². The molecule has 0 saturated carbocycles. The Balaban J connectivity index is 1.79. The summed E-state index contributed by atoms with van der Waals surface area (Å²) in [5, 5.41) is 10.8. The van der Waals surface area contributed by atoms with E-state index in [1.807, 2.05) is 61.5 Å². The van der Waals surface area contributed by atoms with Gasteiger partial charge in [-0.15, -0.1) is 10.2 Å². The SMILES string of the molecule is CC=Cc1ccc(Oc2nnc(-c3ccc(C)c(C)c3)c3ccccc23)c(OC)c1. The molecule has 4 rings (SSSR count). The van der Waals surface area contributed by atoms with Crippen molar-refractivity contribution in [3.63, 3.8) is 0 Å². The molecule has 4 heteroatoms. The molecule has 0 unspecified atom stereocenters. The van der Waals surface area contributed by atoms with Crippen molar-refractivity contribution in [1.82, 2.24) is 10.2 Å². The van der Waals surface area contributed by atoms with Gasteiger partial charge >= 0.3 is 0 Å². The van der Waals surface area contributed by atoms with E-state index >= 15 is 0 Å². The first kappa shape index (κ1) is 19.6. The number of allylic oxidation sites excluding steroid dienone is 1. The average molecular weight is 396 g/mol. The Hall–Kier alpha value is -3.66. The zero-order valence-electron chi connectivity index (χ0n) is 17.6. The van der Waals surface area contributed by atoms with Gasteiger partial charge in [-0.05, 0) is 61.7 Å². The first-order valence-corrected chi connectivity index (χ1v) is 9.92. The van der Waals surface area contributed by atoms with Crippen LogP contribution in [0.3, 0.4) is 0 Å². The number of benzene rings is 3. The van der Waals surface area contributed by atoms with Gasteiger partial charge in [-0.25, -0.2) is 0 Å². The summed E-state index contributed by atoms with van der Waals surface area (Å²) in [6.45, 7) is 6.19. The van der Waals surface area contributed by atoms with Crippen LogP contribution in [-0.4, -0.2) is 17.3 Å². The summed E-state index contributed by atoms with van der Waals surface area (Å²) in [6, 6.07) is 20.2. The summed E-state index contributed by atoms with van der Waals surface area (Å²) in [7, 11) is 1.63. The van der Waals surface area contributed by atoms with Gasteiger partial charge in [-0.3, -0.25) is 0 Å². The van der Waals surface area contributed by atoms with E-state index in [4.69, 9.17) is 9.47 Å². The minimum atomic E-state index is 0.454. The largest absolute Gasteiger partial charge is 0.493 e. The lowest BCUT2D eigenvalue weighted by molar-refractivity contribution is 0.374. The fraction of sp³-hybridized carbons (Fsp3) is 0.154. The summed E-state index contributed by atoms with van der Waals surface area (Å²) in [5.41, 5.74) is 5.41. The number of fused-ring (bicyclic) bond motifs is 1. The maximum Gasteiger partial charge on any atom is 0.246 e. The van der Waals surface area contributed by atoms with E-state index in [1.165, 1.54) is 11.1 Å². The molecule has 0 bridgehead atoms. The van der Waals surface area contributed by atoms with E-state index in [1.54, 1.807) is 7.11 Å². The molecule has 0 spiro atoms. The van der Waals surface area contributed by atoms with Gasteiger partial charge in [0.05, 0.1) is 7.11 Å². The highest BCUT2D eigenvalue weighted by molar-refractivity contribution is 5.97. The van der Waals surface area contributed by atoms with Gasteiger partial charge in [0.2, 0.25) is 5.88 Å².